The first kappa shape index (κ1) is 17.3. The van der Waals surface area contributed by atoms with Gasteiger partial charge in [0.25, 0.3) is 0 Å². The zero-order chi connectivity index (χ0) is 17.7. The summed E-state index contributed by atoms with van der Waals surface area (Å²) in [6.07, 6.45) is 7.36. The fourth-order valence-corrected chi connectivity index (χ4v) is 4.36. The molecule has 25 heavy (non-hydrogen) atoms. The lowest BCUT2D eigenvalue weighted by Crippen LogP contribution is -2.49. The van der Waals surface area contributed by atoms with Gasteiger partial charge in [-0.2, -0.15) is 0 Å². The Morgan fingerprint density at radius 1 is 1.04 bits per heavy atom. The van der Waals surface area contributed by atoms with E-state index in [1.807, 2.05) is 0 Å². The predicted octanol–water partition coefficient (Wildman–Crippen LogP) is 4.37. The van der Waals surface area contributed by atoms with Gasteiger partial charge in [0, 0.05) is 18.6 Å². The standard InChI is InChI=1S/C21H30BNO2/c1-20(2)21(3,4)25-22(24-20)17-13-18-11-8-12-19(14-17)23(18)15-16-9-6-5-7-10-16/h5-7,9-10,13,18-19H,8,11-12,14-15H2,1-4H3. The van der Waals surface area contributed by atoms with Crippen LogP contribution in [0.2, 0.25) is 0 Å². The van der Waals surface area contributed by atoms with Crippen LogP contribution < -0.4 is 0 Å². The average molecular weight is 339 g/mol. The van der Waals surface area contributed by atoms with Gasteiger partial charge in [0.1, 0.15) is 0 Å². The molecule has 3 aliphatic rings. The maximum absolute atomic E-state index is 6.31. The topological polar surface area (TPSA) is 21.7 Å². The first-order valence-corrected chi connectivity index (χ1v) is 9.72. The molecule has 0 aromatic heterocycles. The van der Waals surface area contributed by atoms with Gasteiger partial charge in [-0.3, -0.25) is 4.90 Å². The van der Waals surface area contributed by atoms with E-state index in [2.05, 4.69) is 69.0 Å². The summed E-state index contributed by atoms with van der Waals surface area (Å²) >= 11 is 0. The fraction of sp³-hybridized carbons (Fsp3) is 0.619. The number of hydrogen-bond donors (Lipinski definition) is 0. The maximum Gasteiger partial charge on any atom is 0.490 e. The van der Waals surface area contributed by atoms with Crippen LogP contribution in [0.25, 0.3) is 0 Å². The number of rotatable bonds is 3. The SMILES string of the molecule is CC1(C)OB(C2=CC3CCCC(C2)N3Cc2ccccc2)OC1(C)C. The molecule has 2 bridgehead atoms. The number of hydrogen-bond acceptors (Lipinski definition) is 3. The van der Waals surface area contributed by atoms with Crippen LogP contribution in [0.15, 0.2) is 41.9 Å². The molecule has 1 aromatic rings. The Labute approximate surface area is 152 Å². The lowest BCUT2D eigenvalue weighted by atomic mass is 9.69. The molecule has 0 radical (unpaired) electrons. The van der Waals surface area contributed by atoms with Crippen LogP contribution in [0.4, 0.5) is 0 Å². The Morgan fingerprint density at radius 3 is 2.36 bits per heavy atom. The van der Waals surface area contributed by atoms with Crippen LogP contribution >= 0.6 is 0 Å². The van der Waals surface area contributed by atoms with Crippen molar-refractivity contribution in [3.8, 4) is 0 Å². The highest BCUT2D eigenvalue weighted by Gasteiger charge is 2.53. The van der Waals surface area contributed by atoms with Gasteiger partial charge >= 0.3 is 7.12 Å². The first-order chi connectivity index (χ1) is 11.9. The lowest BCUT2D eigenvalue weighted by Gasteiger charge is -2.45. The van der Waals surface area contributed by atoms with Crippen molar-refractivity contribution in [1.82, 2.24) is 4.90 Å². The quantitative estimate of drug-likeness (QED) is 0.763. The van der Waals surface area contributed by atoms with Crippen LogP contribution in [0.1, 0.15) is 58.9 Å². The number of nitrogens with zero attached hydrogens (tertiary/aromatic N) is 1. The van der Waals surface area contributed by atoms with Gasteiger partial charge in [-0.15, -0.1) is 0 Å². The number of benzene rings is 1. The summed E-state index contributed by atoms with van der Waals surface area (Å²) in [5, 5.41) is 0. The molecular formula is C21H30BNO2. The van der Waals surface area contributed by atoms with Gasteiger partial charge in [0.2, 0.25) is 0 Å². The lowest BCUT2D eigenvalue weighted by molar-refractivity contribution is 0.00578. The molecule has 4 heteroatoms. The largest absolute Gasteiger partial charge is 0.490 e. The monoisotopic (exact) mass is 339 g/mol. The first-order valence-electron chi connectivity index (χ1n) is 9.72. The molecule has 0 saturated carbocycles. The van der Waals surface area contributed by atoms with E-state index >= 15 is 0 Å². The highest BCUT2D eigenvalue weighted by atomic mass is 16.7. The summed E-state index contributed by atoms with van der Waals surface area (Å²) in [4.78, 5) is 2.69. The van der Waals surface area contributed by atoms with E-state index in [1.165, 1.54) is 30.3 Å². The molecule has 2 fully saturated rings. The van der Waals surface area contributed by atoms with Crippen LogP contribution in [0.3, 0.4) is 0 Å². The molecule has 4 rings (SSSR count). The summed E-state index contributed by atoms with van der Waals surface area (Å²) in [7, 11) is -0.174. The molecule has 134 valence electrons. The van der Waals surface area contributed by atoms with Gasteiger partial charge in [-0.25, -0.2) is 0 Å². The highest BCUT2D eigenvalue weighted by Crippen LogP contribution is 2.42. The zero-order valence-electron chi connectivity index (χ0n) is 16.0. The molecule has 2 saturated heterocycles. The zero-order valence-corrected chi connectivity index (χ0v) is 16.0. The van der Waals surface area contributed by atoms with Crippen molar-refractivity contribution in [2.75, 3.05) is 0 Å². The van der Waals surface area contributed by atoms with Gasteiger partial charge in [0.15, 0.2) is 0 Å². The van der Waals surface area contributed by atoms with Crippen LogP contribution in [0, 0.1) is 0 Å². The smallest absolute Gasteiger partial charge is 0.400 e. The second-order valence-corrected chi connectivity index (χ2v) is 8.84. The summed E-state index contributed by atoms with van der Waals surface area (Å²) < 4.78 is 12.6. The van der Waals surface area contributed by atoms with Crippen molar-refractivity contribution >= 4 is 7.12 Å². The molecular weight excluding hydrogens is 309 g/mol. The predicted molar refractivity (Wildman–Crippen MR) is 102 cm³/mol. The molecule has 0 N–H and O–H groups in total. The molecule has 0 amide bonds. The van der Waals surface area contributed by atoms with E-state index < -0.39 is 0 Å². The maximum atomic E-state index is 6.31. The molecule has 0 aliphatic carbocycles. The van der Waals surface area contributed by atoms with Crippen LogP contribution in [0.5, 0.6) is 0 Å². The van der Waals surface area contributed by atoms with Crippen molar-refractivity contribution in [3.63, 3.8) is 0 Å². The Balaban J connectivity index is 1.54. The molecule has 2 atom stereocenters. The number of piperidine rings is 1. The molecule has 3 aliphatic heterocycles. The molecule has 3 nitrogen and oxygen atoms in total. The summed E-state index contributed by atoms with van der Waals surface area (Å²) in [5.74, 6) is 0. The summed E-state index contributed by atoms with van der Waals surface area (Å²) in [6.45, 7) is 9.60. The van der Waals surface area contributed by atoms with E-state index in [1.54, 1.807) is 0 Å². The second-order valence-electron chi connectivity index (χ2n) is 8.84. The third kappa shape index (κ3) is 3.20. The molecule has 3 heterocycles. The Hall–Kier alpha value is -1.10. The Morgan fingerprint density at radius 2 is 1.72 bits per heavy atom. The van der Waals surface area contributed by atoms with Crippen molar-refractivity contribution in [2.24, 2.45) is 0 Å². The van der Waals surface area contributed by atoms with Crippen LogP contribution in [-0.4, -0.2) is 35.3 Å². The van der Waals surface area contributed by atoms with Crippen molar-refractivity contribution in [2.45, 2.75) is 83.2 Å². The van der Waals surface area contributed by atoms with Gasteiger partial charge in [0.05, 0.1) is 11.2 Å². The third-order valence-electron chi connectivity index (χ3n) is 6.57. The van der Waals surface area contributed by atoms with E-state index in [0.717, 1.165) is 13.0 Å². The minimum Gasteiger partial charge on any atom is -0.400 e. The van der Waals surface area contributed by atoms with Crippen molar-refractivity contribution in [3.05, 3.63) is 47.4 Å². The van der Waals surface area contributed by atoms with Gasteiger partial charge in [-0.05, 0) is 58.0 Å². The van der Waals surface area contributed by atoms with Crippen molar-refractivity contribution < 1.29 is 9.31 Å². The minimum absolute atomic E-state index is 0.174. The molecule has 2 unspecified atom stereocenters. The summed E-state index contributed by atoms with van der Waals surface area (Å²) in [5.41, 5.74) is 2.26. The van der Waals surface area contributed by atoms with E-state index in [4.69, 9.17) is 9.31 Å². The minimum atomic E-state index is -0.255. The van der Waals surface area contributed by atoms with E-state index in [-0.39, 0.29) is 18.3 Å². The van der Waals surface area contributed by atoms with Gasteiger partial charge < -0.3 is 9.31 Å². The van der Waals surface area contributed by atoms with E-state index in [9.17, 15) is 0 Å². The molecule has 1 aromatic carbocycles. The Kier molecular flexibility index (Phi) is 4.34. The summed E-state index contributed by atoms with van der Waals surface area (Å²) in [6, 6.07) is 12.0. The van der Waals surface area contributed by atoms with E-state index in [0.29, 0.717) is 12.1 Å². The van der Waals surface area contributed by atoms with Crippen LogP contribution in [-0.2, 0) is 15.9 Å². The third-order valence-corrected chi connectivity index (χ3v) is 6.57. The number of fused-ring (bicyclic) bond motifs is 2. The fourth-order valence-electron chi connectivity index (χ4n) is 4.36. The van der Waals surface area contributed by atoms with Crippen molar-refractivity contribution in [1.29, 1.82) is 0 Å². The second kappa shape index (κ2) is 6.26. The average Bonchev–Trinajstić information content (AvgIpc) is 2.76. The Bertz CT molecular complexity index is 639. The molecule has 0 spiro atoms. The normalized spacial score (nSPS) is 31.0. The highest BCUT2D eigenvalue weighted by molar-refractivity contribution is 6.54. The van der Waals surface area contributed by atoms with Gasteiger partial charge in [-0.1, -0.05) is 42.8 Å².